The standard InChI is InChI=1S/C11H14N2O4/c1-16-8-6-12-9(13-7-8)11(10(14)15)2-4-17-5-3-11/h6-7H,2-5H2,1H3,(H,14,15). The van der Waals surface area contributed by atoms with E-state index in [-0.39, 0.29) is 0 Å². The highest BCUT2D eigenvalue weighted by Crippen LogP contribution is 2.33. The molecule has 6 nitrogen and oxygen atoms in total. The van der Waals surface area contributed by atoms with Gasteiger partial charge in [0.2, 0.25) is 0 Å². The molecular formula is C11H14N2O4. The quantitative estimate of drug-likeness (QED) is 0.831. The molecule has 2 rings (SSSR count). The van der Waals surface area contributed by atoms with Gasteiger partial charge in [-0.3, -0.25) is 4.79 Å². The van der Waals surface area contributed by atoms with Crippen LogP contribution in [0.5, 0.6) is 5.75 Å². The smallest absolute Gasteiger partial charge is 0.317 e. The summed E-state index contributed by atoms with van der Waals surface area (Å²) in [6.07, 6.45) is 3.77. The Morgan fingerprint density at radius 2 is 2.00 bits per heavy atom. The van der Waals surface area contributed by atoms with Crippen molar-refractivity contribution < 1.29 is 19.4 Å². The minimum atomic E-state index is -1.02. The van der Waals surface area contributed by atoms with Crippen LogP contribution in [-0.4, -0.2) is 41.4 Å². The van der Waals surface area contributed by atoms with E-state index in [0.29, 0.717) is 37.6 Å². The van der Waals surface area contributed by atoms with Crippen LogP contribution in [0.25, 0.3) is 0 Å². The minimum Gasteiger partial charge on any atom is -0.494 e. The summed E-state index contributed by atoms with van der Waals surface area (Å²) in [5.74, 6) is -0.0542. The highest BCUT2D eigenvalue weighted by Gasteiger charge is 2.44. The Balaban J connectivity index is 2.34. The van der Waals surface area contributed by atoms with Crippen LogP contribution in [0.15, 0.2) is 12.4 Å². The Morgan fingerprint density at radius 1 is 1.41 bits per heavy atom. The molecule has 1 aliphatic rings. The molecule has 0 saturated carbocycles. The van der Waals surface area contributed by atoms with Crippen LogP contribution in [0.1, 0.15) is 18.7 Å². The molecule has 2 heterocycles. The Kier molecular flexibility index (Phi) is 3.23. The van der Waals surface area contributed by atoms with E-state index in [0.717, 1.165) is 0 Å². The van der Waals surface area contributed by atoms with E-state index >= 15 is 0 Å². The molecular weight excluding hydrogens is 224 g/mol. The zero-order chi connectivity index (χ0) is 12.3. The van der Waals surface area contributed by atoms with Crippen molar-refractivity contribution in [3.05, 3.63) is 18.2 Å². The lowest BCUT2D eigenvalue weighted by Crippen LogP contribution is -2.42. The average molecular weight is 238 g/mol. The normalized spacial score (nSPS) is 18.6. The van der Waals surface area contributed by atoms with E-state index in [2.05, 4.69) is 9.97 Å². The van der Waals surface area contributed by atoms with Crippen molar-refractivity contribution in [2.24, 2.45) is 0 Å². The van der Waals surface area contributed by atoms with Gasteiger partial charge >= 0.3 is 5.97 Å². The van der Waals surface area contributed by atoms with E-state index in [9.17, 15) is 9.90 Å². The fourth-order valence-electron chi connectivity index (χ4n) is 1.92. The molecule has 92 valence electrons. The van der Waals surface area contributed by atoms with E-state index in [1.165, 1.54) is 19.5 Å². The third-order valence-electron chi connectivity index (χ3n) is 3.05. The monoisotopic (exact) mass is 238 g/mol. The number of hydrogen-bond donors (Lipinski definition) is 1. The molecule has 0 atom stereocenters. The Bertz CT molecular complexity index is 398. The van der Waals surface area contributed by atoms with E-state index in [1.807, 2.05) is 0 Å². The molecule has 1 aromatic heterocycles. The molecule has 0 amide bonds. The molecule has 1 N–H and O–H groups in total. The van der Waals surface area contributed by atoms with Crippen molar-refractivity contribution >= 4 is 5.97 Å². The zero-order valence-corrected chi connectivity index (χ0v) is 9.55. The third-order valence-corrected chi connectivity index (χ3v) is 3.05. The van der Waals surface area contributed by atoms with Crippen molar-refractivity contribution in [2.75, 3.05) is 20.3 Å². The molecule has 1 fully saturated rings. The first kappa shape index (κ1) is 11.8. The van der Waals surface area contributed by atoms with Gasteiger partial charge in [-0.05, 0) is 12.8 Å². The summed E-state index contributed by atoms with van der Waals surface area (Å²) < 4.78 is 10.2. The number of hydrogen-bond acceptors (Lipinski definition) is 5. The van der Waals surface area contributed by atoms with Gasteiger partial charge in [0.25, 0.3) is 0 Å². The number of rotatable bonds is 3. The van der Waals surface area contributed by atoms with Gasteiger partial charge in [-0.1, -0.05) is 0 Å². The molecule has 0 bridgehead atoms. The lowest BCUT2D eigenvalue weighted by Gasteiger charge is -2.31. The molecule has 0 aliphatic carbocycles. The molecule has 17 heavy (non-hydrogen) atoms. The first-order valence-corrected chi connectivity index (χ1v) is 5.37. The molecule has 0 radical (unpaired) electrons. The molecule has 1 aromatic rings. The van der Waals surface area contributed by atoms with Gasteiger partial charge < -0.3 is 14.6 Å². The molecule has 0 unspecified atom stereocenters. The second-order valence-corrected chi connectivity index (χ2v) is 3.95. The van der Waals surface area contributed by atoms with Gasteiger partial charge in [0, 0.05) is 13.2 Å². The Morgan fingerprint density at radius 3 is 2.47 bits per heavy atom. The zero-order valence-electron chi connectivity index (χ0n) is 9.55. The number of methoxy groups -OCH3 is 1. The summed E-state index contributed by atoms with van der Waals surface area (Å²) in [7, 11) is 1.51. The first-order valence-electron chi connectivity index (χ1n) is 5.37. The van der Waals surface area contributed by atoms with Crippen molar-refractivity contribution in [3.8, 4) is 5.75 Å². The van der Waals surface area contributed by atoms with Crippen molar-refractivity contribution in [1.29, 1.82) is 0 Å². The number of carbonyl (C=O) groups is 1. The fraction of sp³-hybridized carbons (Fsp3) is 0.545. The summed E-state index contributed by atoms with van der Waals surface area (Å²) in [5.41, 5.74) is -1.02. The number of aromatic nitrogens is 2. The number of carboxylic acids is 1. The second-order valence-electron chi connectivity index (χ2n) is 3.95. The van der Waals surface area contributed by atoms with Crippen LogP contribution in [0, 0.1) is 0 Å². The molecule has 0 spiro atoms. The highest BCUT2D eigenvalue weighted by atomic mass is 16.5. The van der Waals surface area contributed by atoms with Crippen LogP contribution in [-0.2, 0) is 14.9 Å². The van der Waals surface area contributed by atoms with Gasteiger partial charge in [-0.15, -0.1) is 0 Å². The minimum absolute atomic E-state index is 0.328. The summed E-state index contributed by atoms with van der Waals surface area (Å²) in [6.45, 7) is 0.837. The fourth-order valence-corrected chi connectivity index (χ4v) is 1.92. The van der Waals surface area contributed by atoms with Crippen LogP contribution in [0.2, 0.25) is 0 Å². The largest absolute Gasteiger partial charge is 0.494 e. The van der Waals surface area contributed by atoms with Crippen molar-refractivity contribution in [2.45, 2.75) is 18.3 Å². The van der Waals surface area contributed by atoms with Gasteiger partial charge in [-0.25, -0.2) is 9.97 Å². The Hall–Kier alpha value is -1.69. The van der Waals surface area contributed by atoms with E-state index < -0.39 is 11.4 Å². The first-order chi connectivity index (χ1) is 8.19. The van der Waals surface area contributed by atoms with Gasteiger partial charge in [0.1, 0.15) is 11.2 Å². The van der Waals surface area contributed by atoms with Gasteiger partial charge in [-0.2, -0.15) is 0 Å². The maximum atomic E-state index is 11.5. The second kappa shape index (κ2) is 4.67. The van der Waals surface area contributed by atoms with Crippen LogP contribution < -0.4 is 4.74 Å². The Labute approximate surface area is 98.6 Å². The molecule has 1 saturated heterocycles. The third kappa shape index (κ3) is 2.08. The lowest BCUT2D eigenvalue weighted by molar-refractivity contribution is -0.148. The topological polar surface area (TPSA) is 81.5 Å². The number of ether oxygens (including phenoxy) is 2. The van der Waals surface area contributed by atoms with Crippen LogP contribution >= 0.6 is 0 Å². The summed E-state index contributed by atoms with van der Waals surface area (Å²) in [5, 5.41) is 9.40. The average Bonchev–Trinajstić information content (AvgIpc) is 2.39. The van der Waals surface area contributed by atoms with Crippen molar-refractivity contribution in [1.82, 2.24) is 9.97 Å². The summed E-state index contributed by atoms with van der Waals surface area (Å²) in [4.78, 5) is 19.7. The number of carboxylic acid groups (broad SMARTS) is 1. The lowest BCUT2D eigenvalue weighted by atomic mass is 9.79. The number of aliphatic carboxylic acids is 1. The maximum Gasteiger partial charge on any atom is 0.317 e. The van der Waals surface area contributed by atoms with Gasteiger partial charge in [0.05, 0.1) is 19.5 Å². The SMILES string of the molecule is COc1cnc(C2(C(=O)O)CCOCC2)nc1. The predicted octanol–water partition coefficient (Wildman–Crippen LogP) is 0.618. The van der Waals surface area contributed by atoms with Gasteiger partial charge in [0.15, 0.2) is 5.75 Å². The number of nitrogens with zero attached hydrogens (tertiary/aromatic N) is 2. The van der Waals surface area contributed by atoms with E-state index in [4.69, 9.17) is 9.47 Å². The predicted molar refractivity (Wildman–Crippen MR) is 58.0 cm³/mol. The maximum absolute atomic E-state index is 11.5. The van der Waals surface area contributed by atoms with Crippen LogP contribution in [0.3, 0.4) is 0 Å². The molecule has 0 aromatic carbocycles. The summed E-state index contributed by atoms with van der Waals surface area (Å²) in [6, 6.07) is 0. The van der Waals surface area contributed by atoms with Crippen LogP contribution in [0.4, 0.5) is 0 Å². The van der Waals surface area contributed by atoms with Crippen molar-refractivity contribution in [3.63, 3.8) is 0 Å². The summed E-state index contributed by atoms with van der Waals surface area (Å²) >= 11 is 0. The highest BCUT2D eigenvalue weighted by molar-refractivity contribution is 5.80. The molecule has 6 heteroatoms. The van der Waals surface area contributed by atoms with E-state index in [1.54, 1.807) is 0 Å². The molecule has 1 aliphatic heterocycles.